The fraction of sp³-hybridized carbons (Fsp3) is 0.579. The van der Waals surface area contributed by atoms with Crippen molar-refractivity contribution in [2.75, 3.05) is 52.1 Å². The van der Waals surface area contributed by atoms with Crippen molar-refractivity contribution in [3.05, 3.63) is 29.8 Å². The van der Waals surface area contributed by atoms with Gasteiger partial charge in [-0.2, -0.15) is 0 Å². The molecule has 26 heavy (non-hydrogen) atoms. The van der Waals surface area contributed by atoms with Gasteiger partial charge in [0.05, 0.1) is 12.0 Å². The van der Waals surface area contributed by atoms with Gasteiger partial charge < -0.3 is 20.2 Å². The highest BCUT2D eigenvalue weighted by atomic mass is 16.3. The Balaban J connectivity index is 1.94. The van der Waals surface area contributed by atoms with Gasteiger partial charge in [0.2, 0.25) is 5.91 Å². The predicted molar refractivity (Wildman–Crippen MR) is 102 cm³/mol. The molecular weight excluding hydrogens is 332 g/mol. The summed E-state index contributed by atoms with van der Waals surface area (Å²) < 4.78 is 0. The fourth-order valence-electron chi connectivity index (χ4n) is 2.97. The molecule has 0 unspecified atom stereocenters. The van der Waals surface area contributed by atoms with Crippen LogP contribution in [-0.2, 0) is 11.2 Å². The normalized spacial score (nSPS) is 15.7. The van der Waals surface area contributed by atoms with Gasteiger partial charge >= 0.3 is 6.03 Å². The molecule has 0 aliphatic carbocycles. The van der Waals surface area contributed by atoms with E-state index < -0.39 is 5.60 Å². The van der Waals surface area contributed by atoms with Crippen molar-refractivity contribution in [1.29, 1.82) is 0 Å². The van der Waals surface area contributed by atoms with E-state index in [1.54, 1.807) is 37.7 Å². The molecule has 0 atom stereocenters. The smallest absolute Gasteiger partial charge is 0.321 e. The highest BCUT2D eigenvalue weighted by Gasteiger charge is 2.25. The van der Waals surface area contributed by atoms with E-state index in [0.29, 0.717) is 25.3 Å². The molecule has 1 fully saturated rings. The molecule has 1 aliphatic heterocycles. The Kier molecular flexibility index (Phi) is 6.61. The summed E-state index contributed by atoms with van der Waals surface area (Å²) in [6.07, 6.45) is 0.253. The fourth-order valence-corrected chi connectivity index (χ4v) is 2.97. The van der Waals surface area contributed by atoms with Crippen LogP contribution >= 0.6 is 0 Å². The van der Waals surface area contributed by atoms with Crippen LogP contribution < -0.4 is 5.32 Å². The number of β-amino-alcohol motifs (C(OH)–C–C–N with tert-alkyl or cyclic N) is 1. The lowest BCUT2D eigenvalue weighted by molar-refractivity contribution is -0.127. The maximum atomic E-state index is 12.6. The molecule has 0 spiro atoms. The molecule has 0 radical (unpaired) electrons. The number of benzene rings is 1. The lowest BCUT2D eigenvalue weighted by Crippen LogP contribution is -2.52. The van der Waals surface area contributed by atoms with E-state index in [-0.39, 0.29) is 18.4 Å². The number of anilines is 1. The molecule has 1 saturated heterocycles. The molecule has 144 valence electrons. The maximum absolute atomic E-state index is 12.6. The van der Waals surface area contributed by atoms with E-state index >= 15 is 0 Å². The Bertz CT molecular complexity index is 632. The first-order valence-electron chi connectivity index (χ1n) is 8.94. The first kappa shape index (κ1) is 20.2. The van der Waals surface area contributed by atoms with Crippen LogP contribution in [0, 0.1) is 0 Å². The van der Waals surface area contributed by atoms with Gasteiger partial charge in [-0.25, -0.2) is 4.79 Å². The molecule has 2 rings (SSSR count). The van der Waals surface area contributed by atoms with Gasteiger partial charge in [-0.05, 0) is 25.5 Å². The molecule has 7 heteroatoms. The molecular formula is C19H30N4O3. The van der Waals surface area contributed by atoms with Crippen molar-refractivity contribution < 1.29 is 14.7 Å². The van der Waals surface area contributed by atoms with Crippen molar-refractivity contribution >= 4 is 17.6 Å². The van der Waals surface area contributed by atoms with Crippen LogP contribution in [-0.4, -0.2) is 84.2 Å². The van der Waals surface area contributed by atoms with Crippen LogP contribution in [0.5, 0.6) is 0 Å². The topological polar surface area (TPSA) is 76.1 Å². The zero-order chi connectivity index (χ0) is 19.3. The van der Waals surface area contributed by atoms with E-state index in [4.69, 9.17) is 0 Å². The number of carbonyl (C=O) groups is 2. The molecule has 0 saturated carbocycles. The van der Waals surface area contributed by atoms with Gasteiger partial charge in [0.25, 0.3) is 0 Å². The van der Waals surface area contributed by atoms with Crippen molar-refractivity contribution in [2.45, 2.75) is 25.9 Å². The summed E-state index contributed by atoms with van der Waals surface area (Å²) in [5, 5.41) is 12.9. The highest BCUT2D eigenvalue weighted by Crippen LogP contribution is 2.18. The number of hydrogen-bond acceptors (Lipinski definition) is 4. The maximum Gasteiger partial charge on any atom is 0.321 e. The predicted octanol–water partition coefficient (Wildman–Crippen LogP) is 1.24. The Hall–Kier alpha value is -2.12. The average Bonchev–Trinajstić information content (AvgIpc) is 2.55. The van der Waals surface area contributed by atoms with Crippen LogP contribution in [0.3, 0.4) is 0 Å². The average molecular weight is 362 g/mol. The molecule has 0 aromatic heterocycles. The van der Waals surface area contributed by atoms with Crippen LogP contribution in [0.15, 0.2) is 24.3 Å². The van der Waals surface area contributed by atoms with Crippen LogP contribution in [0.4, 0.5) is 10.5 Å². The lowest BCUT2D eigenvalue weighted by atomic mass is 10.1. The van der Waals surface area contributed by atoms with Gasteiger partial charge in [-0.1, -0.05) is 18.2 Å². The number of para-hydroxylation sites is 1. The van der Waals surface area contributed by atoms with Gasteiger partial charge in [-0.15, -0.1) is 0 Å². The van der Waals surface area contributed by atoms with Crippen LogP contribution in [0.1, 0.15) is 19.4 Å². The second-order valence-electron chi connectivity index (χ2n) is 7.63. The number of amides is 3. The largest absolute Gasteiger partial charge is 0.389 e. The van der Waals surface area contributed by atoms with Crippen molar-refractivity contribution in [1.82, 2.24) is 14.7 Å². The number of likely N-dealkylation sites (N-methyl/N-ethyl adjacent to an activating group) is 1. The number of nitrogens with zero attached hydrogens (tertiary/aromatic N) is 3. The summed E-state index contributed by atoms with van der Waals surface area (Å²) in [7, 11) is 3.44. The number of hydrogen-bond donors (Lipinski definition) is 2. The van der Waals surface area contributed by atoms with Crippen molar-refractivity contribution in [3.63, 3.8) is 0 Å². The second kappa shape index (κ2) is 8.51. The lowest BCUT2D eigenvalue weighted by Gasteiger charge is -2.37. The first-order valence-corrected chi connectivity index (χ1v) is 8.94. The van der Waals surface area contributed by atoms with E-state index in [2.05, 4.69) is 10.2 Å². The zero-order valence-corrected chi connectivity index (χ0v) is 16.2. The first-order chi connectivity index (χ1) is 12.2. The van der Waals surface area contributed by atoms with Gasteiger partial charge in [0, 0.05) is 52.5 Å². The highest BCUT2D eigenvalue weighted by molar-refractivity contribution is 5.91. The van der Waals surface area contributed by atoms with E-state index in [0.717, 1.165) is 18.7 Å². The summed E-state index contributed by atoms with van der Waals surface area (Å²) in [5.41, 5.74) is 0.745. The van der Waals surface area contributed by atoms with Gasteiger partial charge in [0.15, 0.2) is 0 Å². The molecule has 0 bridgehead atoms. The Morgan fingerprint density at radius 1 is 1.15 bits per heavy atom. The Morgan fingerprint density at radius 2 is 1.77 bits per heavy atom. The van der Waals surface area contributed by atoms with Crippen molar-refractivity contribution in [2.24, 2.45) is 0 Å². The summed E-state index contributed by atoms with van der Waals surface area (Å²) in [4.78, 5) is 30.0. The molecule has 7 nitrogen and oxygen atoms in total. The number of piperazine rings is 1. The number of rotatable bonds is 5. The number of nitrogens with one attached hydrogen (secondary N) is 1. The minimum absolute atomic E-state index is 0.00747. The standard InChI is InChI=1S/C19H30N4O3/c1-19(2,26)14-22-9-11-23(12-10-22)18(25)20-16-8-6-5-7-15(16)13-17(24)21(3)4/h5-8,26H,9-14H2,1-4H3,(H,20,25). The molecule has 2 N–H and O–H groups in total. The Labute approximate surface area is 155 Å². The second-order valence-corrected chi connectivity index (χ2v) is 7.63. The summed E-state index contributed by atoms with van der Waals surface area (Å²) in [6.45, 7) is 6.87. The van der Waals surface area contributed by atoms with E-state index in [1.807, 2.05) is 24.3 Å². The molecule has 1 aromatic rings. The molecule has 3 amide bonds. The van der Waals surface area contributed by atoms with Crippen LogP contribution in [0.2, 0.25) is 0 Å². The number of urea groups is 1. The summed E-state index contributed by atoms with van der Waals surface area (Å²) in [6, 6.07) is 7.24. The van der Waals surface area contributed by atoms with Gasteiger partial charge in [0.1, 0.15) is 0 Å². The number of carbonyl (C=O) groups excluding carboxylic acids is 2. The minimum atomic E-state index is -0.734. The van der Waals surface area contributed by atoms with Crippen molar-refractivity contribution in [3.8, 4) is 0 Å². The third kappa shape index (κ3) is 6.00. The third-order valence-corrected chi connectivity index (χ3v) is 4.37. The SMILES string of the molecule is CN(C)C(=O)Cc1ccccc1NC(=O)N1CCN(CC(C)(C)O)CC1. The summed E-state index contributed by atoms with van der Waals surface area (Å²) in [5.74, 6) is -0.00747. The van der Waals surface area contributed by atoms with E-state index in [1.165, 1.54) is 0 Å². The van der Waals surface area contributed by atoms with Crippen LogP contribution in [0.25, 0.3) is 0 Å². The summed E-state index contributed by atoms with van der Waals surface area (Å²) >= 11 is 0. The zero-order valence-electron chi connectivity index (χ0n) is 16.2. The molecule has 1 aliphatic rings. The van der Waals surface area contributed by atoms with E-state index in [9.17, 15) is 14.7 Å². The van der Waals surface area contributed by atoms with Gasteiger partial charge in [-0.3, -0.25) is 9.69 Å². The quantitative estimate of drug-likeness (QED) is 0.826. The molecule has 1 heterocycles. The molecule has 1 aromatic carbocycles. The third-order valence-electron chi connectivity index (χ3n) is 4.37. The monoisotopic (exact) mass is 362 g/mol. The minimum Gasteiger partial charge on any atom is -0.389 e. The Morgan fingerprint density at radius 3 is 2.35 bits per heavy atom. The number of aliphatic hydroxyl groups is 1.